The molecular weight excluding hydrogens is 514 g/mol. The molecule has 1 saturated carbocycles. The molecule has 3 nitrogen and oxygen atoms in total. The Balaban J connectivity index is 0.000000748. The van der Waals surface area contributed by atoms with E-state index in [0.29, 0.717) is 11.8 Å². The molecule has 2 aromatic rings. The van der Waals surface area contributed by atoms with E-state index < -0.39 is 6.10 Å². The van der Waals surface area contributed by atoms with Crippen molar-refractivity contribution in [2.24, 2.45) is 17.3 Å². The van der Waals surface area contributed by atoms with Gasteiger partial charge in [-0.05, 0) is 84.3 Å². The zero-order valence-electron chi connectivity index (χ0n) is 28.9. The summed E-state index contributed by atoms with van der Waals surface area (Å²) in [5.74, 6) is 1.72. The maximum Gasteiger partial charge on any atom is 0.111 e. The smallest absolute Gasteiger partial charge is 0.111 e. The fraction of sp³-hybridized carbons (Fsp3) is 0.718. The molecule has 2 aliphatic carbocycles. The van der Waals surface area contributed by atoms with Gasteiger partial charge in [0.1, 0.15) is 6.10 Å². The van der Waals surface area contributed by atoms with Gasteiger partial charge in [-0.15, -0.1) is 0 Å². The number of hydrogen-bond acceptors (Lipinski definition) is 3. The lowest BCUT2D eigenvalue weighted by Gasteiger charge is -2.39. The summed E-state index contributed by atoms with van der Waals surface area (Å²) >= 11 is 0. The first-order valence-corrected chi connectivity index (χ1v) is 17.2. The van der Waals surface area contributed by atoms with Crippen LogP contribution in [0.2, 0.25) is 0 Å². The minimum absolute atomic E-state index is 0.0474. The molecule has 0 bridgehead atoms. The van der Waals surface area contributed by atoms with Gasteiger partial charge in [0, 0.05) is 22.7 Å². The van der Waals surface area contributed by atoms with Gasteiger partial charge in [0.2, 0.25) is 0 Å². The first-order valence-electron chi connectivity index (χ1n) is 17.2. The first kappa shape index (κ1) is 33.2. The van der Waals surface area contributed by atoms with E-state index >= 15 is 0 Å². The van der Waals surface area contributed by atoms with Gasteiger partial charge in [0.05, 0.1) is 17.4 Å². The minimum atomic E-state index is -0.478. The topological polar surface area (TPSA) is 42.4 Å². The van der Waals surface area contributed by atoms with Crippen LogP contribution in [-0.4, -0.2) is 10.1 Å². The van der Waals surface area contributed by atoms with Gasteiger partial charge in [-0.2, -0.15) is 0 Å². The van der Waals surface area contributed by atoms with Gasteiger partial charge in [-0.1, -0.05) is 113 Å². The SMILES string of the molecule is CCC(C)C.CCCC(CC)c1nc2c(c3c1C(c1cccc(C(C)(C)C)c1)OC31CCCC1C)C(O)CC(C)(C)C2. The first-order chi connectivity index (χ1) is 19.7. The Labute approximate surface area is 258 Å². The highest BCUT2D eigenvalue weighted by Crippen LogP contribution is 2.61. The normalized spacial score (nSPS) is 27.0. The number of nitrogens with zero attached hydrogens (tertiary/aromatic N) is 1. The molecule has 234 valence electrons. The molecule has 1 aromatic carbocycles. The molecule has 1 N–H and O–H groups in total. The van der Waals surface area contributed by atoms with Crippen LogP contribution < -0.4 is 0 Å². The van der Waals surface area contributed by atoms with Crippen LogP contribution in [0.25, 0.3) is 0 Å². The van der Waals surface area contributed by atoms with Crippen molar-refractivity contribution in [2.75, 3.05) is 0 Å². The van der Waals surface area contributed by atoms with Gasteiger partial charge in [-0.3, -0.25) is 4.98 Å². The highest BCUT2D eigenvalue weighted by molar-refractivity contribution is 5.55. The van der Waals surface area contributed by atoms with Crippen LogP contribution in [-0.2, 0) is 22.2 Å². The van der Waals surface area contributed by atoms with E-state index in [1.54, 1.807) is 0 Å². The second-order valence-corrected chi connectivity index (χ2v) is 16.0. The summed E-state index contributed by atoms with van der Waals surface area (Å²) in [6.07, 6.45) is 9.16. The monoisotopic (exact) mass is 575 g/mol. The lowest BCUT2D eigenvalue weighted by molar-refractivity contribution is -0.0842. The van der Waals surface area contributed by atoms with E-state index in [2.05, 4.69) is 100 Å². The summed E-state index contributed by atoms with van der Waals surface area (Å²) in [7, 11) is 0. The van der Waals surface area contributed by atoms with E-state index in [-0.39, 0.29) is 22.5 Å². The third-order valence-corrected chi connectivity index (χ3v) is 10.5. The van der Waals surface area contributed by atoms with Crippen molar-refractivity contribution in [1.29, 1.82) is 0 Å². The molecule has 5 unspecified atom stereocenters. The predicted octanol–water partition coefficient (Wildman–Crippen LogP) is 10.9. The fourth-order valence-corrected chi connectivity index (χ4v) is 7.67. The van der Waals surface area contributed by atoms with Crippen molar-refractivity contribution in [3.05, 3.63) is 63.5 Å². The van der Waals surface area contributed by atoms with E-state index in [9.17, 15) is 5.11 Å². The molecule has 2 heterocycles. The van der Waals surface area contributed by atoms with Crippen LogP contribution in [0.1, 0.15) is 185 Å². The molecule has 1 aliphatic heterocycles. The van der Waals surface area contributed by atoms with Crippen LogP contribution in [0.15, 0.2) is 24.3 Å². The van der Waals surface area contributed by atoms with Gasteiger partial charge in [-0.25, -0.2) is 0 Å². The summed E-state index contributed by atoms with van der Waals surface area (Å²) in [5, 5.41) is 11.7. The van der Waals surface area contributed by atoms with Crippen LogP contribution in [0.3, 0.4) is 0 Å². The van der Waals surface area contributed by atoms with Crippen LogP contribution in [0.4, 0.5) is 0 Å². The van der Waals surface area contributed by atoms with Crippen molar-refractivity contribution in [1.82, 2.24) is 4.98 Å². The minimum Gasteiger partial charge on any atom is -0.388 e. The number of aliphatic hydroxyl groups excluding tert-OH is 1. The van der Waals surface area contributed by atoms with Crippen molar-refractivity contribution < 1.29 is 9.84 Å². The lowest BCUT2D eigenvalue weighted by atomic mass is 9.69. The van der Waals surface area contributed by atoms with Crippen LogP contribution in [0, 0.1) is 17.3 Å². The van der Waals surface area contributed by atoms with E-state index in [1.807, 2.05) is 0 Å². The maximum atomic E-state index is 11.7. The van der Waals surface area contributed by atoms with Crippen molar-refractivity contribution in [2.45, 2.75) is 163 Å². The summed E-state index contributed by atoms with van der Waals surface area (Å²) < 4.78 is 7.38. The zero-order chi connectivity index (χ0) is 31.0. The number of hydrogen-bond donors (Lipinski definition) is 1. The molecule has 1 fully saturated rings. The van der Waals surface area contributed by atoms with Crippen molar-refractivity contribution in [3.8, 4) is 0 Å². The molecule has 1 spiro atoms. The van der Waals surface area contributed by atoms with E-state index in [1.165, 1.54) is 47.2 Å². The predicted molar refractivity (Wildman–Crippen MR) is 177 cm³/mol. The molecule has 42 heavy (non-hydrogen) atoms. The molecule has 1 aromatic heterocycles. The second-order valence-electron chi connectivity index (χ2n) is 16.0. The molecule has 0 saturated heterocycles. The number of ether oxygens (including phenoxy) is 1. The largest absolute Gasteiger partial charge is 0.388 e. The third kappa shape index (κ3) is 6.39. The molecule has 5 atom stereocenters. The molecule has 3 heteroatoms. The fourth-order valence-electron chi connectivity index (χ4n) is 7.67. The summed E-state index contributed by atoms with van der Waals surface area (Å²) in [6, 6.07) is 9.08. The van der Waals surface area contributed by atoms with Gasteiger partial charge >= 0.3 is 0 Å². The van der Waals surface area contributed by atoms with E-state index in [4.69, 9.17) is 9.72 Å². The second kappa shape index (κ2) is 12.7. The standard InChI is InChI=1S/C34H49NO2.C5H12/c1-9-13-22(10-2)30-28-29(27-25(35-30)19-33(7,8)20-26(27)36)34(17-12-14-21(34)3)37-31(28)23-15-11-16-24(18-23)32(4,5)6;1-4-5(2)3/h11,15-16,18,21-22,26,31,36H,9-10,12-14,17,19-20H2,1-8H3;5H,4H2,1-3H3. The molecule has 3 aliphatic rings. The highest BCUT2D eigenvalue weighted by Gasteiger charge is 2.55. The molecule has 0 amide bonds. The van der Waals surface area contributed by atoms with Crippen LogP contribution in [0.5, 0.6) is 0 Å². The Hall–Kier alpha value is -1.71. The number of pyridine rings is 1. The highest BCUT2D eigenvalue weighted by atomic mass is 16.5. The summed E-state index contributed by atoms with van der Waals surface area (Å²) in [5.41, 5.74) is 8.52. The van der Waals surface area contributed by atoms with Crippen molar-refractivity contribution in [3.63, 3.8) is 0 Å². The average Bonchev–Trinajstić information content (AvgIpc) is 3.46. The Morgan fingerprint density at radius 1 is 1.07 bits per heavy atom. The zero-order valence-corrected chi connectivity index (χ0v) is 28.9. The van der Waals surface area contributed by atoms with E-state index in [0.717, 1.165) is 55.7 Å². The van der Waals surface area contributed by atoms with Gasteiger partial charge in [0.15, 0.2) is 0 Å². The Kier molecular flexibility index (Phi) is 10.1. The maximum absolute atomic E-state index is 11.7. The average molecular weight is 576 g/mol. The van der Waals surface area contributed by atoms with Gasteiger partial charge in [0.25, 0.3) is 0 Å². The third-order valence-electron chi connectivity index (χ3n) is 10.5. The number of benzene rings is 1. The number of aromatic nitrogens is 1. The quantitative estimate of drug-likeness (QED) is 0.372. The number of rotatable bonds is 6. The Morgan fingerprint density at radius 3 is 2.31 bits per heavy atom. The number of aliphatic hydroxyl groups is 1. The lowest BCUT2D eigenvalue weighted by Crippen LogP contribution is -2.34. The van der Waals surface area contributed by atoms with Gasteiger partial charge < -0.3 is 9.84 Å². The number of fused-ring (bicyclic) bond motifs is 4. The van der Waals surface area contributed by atoms with Crippen LogP contribution >= 0.6 is 0 Å². The Bertz CT molecular complexity index is 1220. The summed E-state index contributed by atoms with van der Waals surface area (Å²) in [6.45, 7) is 25.0. The Morgan fingerprint density at radius 2 is 1.76 bits per heavy atom. The summed E-state index contributed by atoms with van der Waals surface area (Å²) in [4.78, 5) is 5.51. The molecule has 0 radical (unpaired) electrons. The molecule has 5 rings (SSSR count). The van der Waals surface area contributed by atoms with Crippen molar-refractivity contribution >= 4 is 0 Å². The molecular formula is C39H61NO2.